The molecule has 3 N–H and O–H groups in total. The molecule has 4 bridgehead atoms. The first kappa shape index (κ1) is 55.6. The Balaban J connectivity index is 1.39. The molecule has 2 aliphatic rings. The van der Waals surface area contributed by atoms with Gasteiger partial charge in [0.1, 0.15) is 54.4 Å². The Morgan fingerprint density at radius 2 is 1.24 bits per heavy atom. The van der Waals surface area contributed by atoms with E-state index in [9.17, 15) is 38.4 Å². The molecular weight excluding hydrogens is 965 g/mol. The maximum Gasteiger partial charge on any atom is 0.410 e. The summed E-state index contributed by atoms with van der Waals surface area (Å²) in [5, 5.41) is 8.02. The smallest absolute Gasteiger partial charge is 0.410 e. The lowest BCUT2D eigenvalue weighted by atomic mass is 10.0. The molecule has 0 aromatic heterocycles. The Labute approximate surface area is 435 Å². The Morgan fingerprint density at radius 1 is 0.653 bits per heavy atom. The number of hydrogen-bond donors (Lipinski definition) is 3. The predicted octanol–water partition coefficient (Wildman–Crippen LogP) is 5.03. The predicted molar refractivity (Wildman–Crippen MR) is 275 cm³/mol. The fourth-order valence-electron chi connectivity index (χ4n) is 8.17. The zero-order valence-corrected chi connectivity index (χ0v) is 43.1. The molecule has 0 radical (unpaired) electrons. The third-order valence-electron chi connectivity index (χ3n) is 12.7. The van der Waals surface area contributed by atoms with Crippen LogP contribution in [0.1, 0.15) is 53.4 Å². The van der Waals surface area contributed by atoms with Crippen LogP contribution in [-0.2, 0) is 64.1 Å². The van der Waals surface area contributed by atoms with Crippen molar-refractivity contribution in [2.75, 3.05) is 35.4 Å². The summed E-state index contributed by atoms with van der Waals surface area (Å²) >= 11 is 0. The van der Waals surface area contributed by atoms with Crippen molar-refractivity contribution in [3.05, 3.63) is 155 Å². The standard InChI is InChI=1S/C56H62N6O13/c1-34-49(63)58-35(2)52(66)60(4)44(29-37-19-24-42(71-7)25-20-37)50(64)59-36(3)53(67)61(5)46(55(69)72-8)30-38-21-26-43(27-22-38)74-48-32-40(23-28-47(48)75-54(68)41-17-13-10-14-18-41)31-45(51(65)57-34)62(6)56(70)73-33-39-15-11-9-12-16-39/h9-28,32,34-36,44-46H,29-31,33H2,1-8H3,(H,57,65)(H,58,63)(H,59,64)/t34?,35-,36-,44-,45-,46-/m0/s1. The minimum atomic E-state index is -1.32. The molecule has 6 atom stereocenters. The molecule has 1 unspecified atom stereocenters. The molecule has 5 aromatic rings. The molecule has 75 heavy (non-hydrogen) atoms. The fourth-order valence-corrected chi connectivity index (χ4v) is 8.17. The summed E-state index contributed by atoms with van der Waals surface area (Å²) < 4.78 is 28.2. The molecule has 0 saturated heterocycles. The van der Waals surface area contributed by atoms with Crippen molar-refractivity contribution in [2.24, 2.45) is 0 Å². The number of carbonyl (C=O) groups excluding carboxylic acids is 8. The van der Waals surface area contributed by atoms with Gasteiger partial charge in [-0.25, -0.2) is 14.4 Å². The van der Waals surface area contributed by atoms with Crippen LogP contribution >= 0.6 is 0 Å². The first-order chi connectivity index (χ1) is 35.9. The van der Waals surface area contributed by atoms with E-state index in [0.717, 1.165) is 9.80 Å². The fraction of sp³-hybridized carbons (Fsp3) is 0.321. The average molecular weight is 1030 g/mol. The van der Waals surface area contributed by atoms with Crippen molar-refractivity contribution in [3.63, 3.8) is 0 Å². The highest BCUT2D eigenvalue weighted by Gasteiger charge is 2.36. The number of esters is 2. The summed E-state index contributed by atoms with van der Waals surface area (Å²) in [6.45, 7) is 4.17. The maximum atomic E-state index is 14.4. The maximum absolute atomic E-state index is 14.4. The van der Waals surface area contributed by atoms with Crippen LogP contribution in [0.25, 0.3) is 0 Å². The van der Waals surface area contributed by atoms with Gasteiger partial charge in [-0.2, -0.15) is 0 Å². The molecule has 0 spiro atoms. The molecule has 0 aliphatic carbocycles. The molecule has 2 heterocycles. The molecule has 19 nitrogen and oxygen atoms in total. The number of amides is 6. The number of ether oxygens (including phenoxy) is 5. The Bertz CT molecular complexity index is 2830. The van der Waals surface area contributed by atoms with Crippen LogP contribution in [0.5, 0.6) is 23.0 Å². The van der Waals surface area contributed by atoms with Crippen molar-refractivity contribution in [1.29, 1.82) is 0 Å². The van der Waals surface area contributed by atoms with Gasteiger partial charge in [0.25, 0.3) is 0 Å². The Kier molecular flexibility index (Phi) is 19.1. The zero-order valence-electron chi connectivity index (χ0n) is 43.1. The van der Waals surface area contributed by atoms with Crippen molar-refractivity contribution in [3.8, 4) is 23.0 Å². The third-order valence-corrected chi connectivity index (χ3v) is 12.7. The lowest BCUT2D eigenvalue weighted by Gasteiger charge is -2.32. The summed E-state index contributed by atoms with van der Waals surface area (Å²) in [6, 6.07) is 27.8. The van der Waals surface area contributed by atoms with Crippen LogP contribution in [0.2, 0.25) is 0 Å². The van der Waals surface area contributed by atoms with Gasteiger partial charge in [0.05, 0.1) is 19.8 Å². The number of methoxy groups -OCH3 is 2. The minimum absolute atomic E-state index is 0.0141. The highest BCUT2D eigenvalue weighted by molar-refractivity contribution is 5.97. The van der Waals surface area contributed by atoms with Gasteiger partial charge >= 0.3 is 18.0 Å². The van der Waals surface area contributed by atoms with Crippen molar-refractivity contribution < 1.29 is 62.0 Å². The van der Waals surface area contributed by atoms with Crippen LogP contribution in [0.3, 0.4) is 0 Å². The number of likely N-dealkylation sites (N-methyl/N-ethyl adjacent to an activating group) is 3. The number of fused-ring (bicyclic) bond motifs is 19. The van der Waals surface area contributed by atoms with Crippen molar-refractivity contribution in [1.82, 2.24) is 30.7 Å². The quantitative estimate of drug-likeness (QED) is 0.100. The van der Waals surface area contributed by atoms with E-state index in [1.54, 1.807) is 115 Å². The molecule has 7 rings (SSSR count). The second kappa shape index (κ2) is 25.8. The summed E-state index contributed by atoms with van der Waals surface area (Å²) in [7, 11) is 6.89. The van der Waals surface area contributed by atoms with E-state index in [-0.39, 0.29) is 48.7 Å². The molecule has 0 fully saturated rings. The van der Waals surface area contributed by atoms with E-state index in [1.165, 1.54) is 67.1 Å². The zero-order chi connectivity index (χ0) is 54.3. The Hall–Kier alpha value is -8.74. The second-order valence-corrected chi connectivity index (χ2v) is 18.1. The van der Waals surface area contributed by atoms with Crippen molar-refractivity contribution >= 4 is 47.6 Å². The van der Waals surface area contributed by atoms with E-state index < -0.39 is 83.8 Å². The molecule has 394 valence electrons. The molecular formula is C56H62N6O13. The van der Waals surface area contributed by atoms with E-state index in [1.807, 2.05) is 6.07 Å². The monoisotopic (exact) mass is 1030 g/mol. The SMILES string of the molecule is COC(=O)[C@@H]1Cc2ccc(cc2)Oc2cc(ccc2OC(=O)c2ccccc2)C[C@H](N(C)C(=O)OCc2ccccc2)C(=O)NC(C)C(=O)N[C@@H](C)C(=O)N(C)[C@@H](Cc2ccc(OC)cc2)C(=O)N[C@@H](C)C(=O)N1C. The van der Waals surface area contributed by atoms with Gasteiger partial charge in [0, 0.05) is 40.4 Å². The number of rotatable bonds is 9. The number of hydrogen-bond acceptors (Lipinski definition) is 13. The minimum Gasteiger partial charge on any atom is -0.497 e. The highest BCUT2D eigenvalue weighted by atomic mass is 16.6. The van der Waals surface area contributed by atoms with Gasteiger partial charge in [-0.3, -0.25) is 28.9 Å². The summed E-state index contributed by atoms with van der Waals surface area (Å²) in [5.41, 5.74) is 2.63. The largest absolute Gasteiger partial charge is 0.497 e. The van der Waals surface area contributed by atoms with Gasteiger partial charge in [-0.05, 0) is 91.6 Å². The van der Waals surface area contributed by atoms with Gasteiger partial charge in [0.15, 0.2) is 11.5 Å². The molecule has 0 saturated carbocycles. The van der Waals surface area contributed by atoms with Crippen molar-refractivity contribution in [2.45, 2.75) is 82.9 Å². The number of nitrogens with zero attached hydrogens (tertiary/aromatic N) is 3. The van der Waals surface area contributed by atoms with E-state index in [2.05, 4.69) is 16.0 Å². The highest BCUT2D eigenvalue weighted by Crippen LogP contribution is 2.34. The van der Waals surface area contributed by atoms with Gasteiger partial charge in [-0.1, -0.05) is 78.9 Å². The Morgan fingerprint density at radius 3 is 1.87 bits per heavy atom. The van der Waals surface area contributed by atoms with Crippen LogP contribution in [0.4, 0.5) is 4.79 Å². The average Bonchev–Trinajstić information content (AvgIpc) is 3.42. The molecule has 6 amide bonds. The lowest BCUT2D eigenvalue weighted by molar-refractivity contribution is -0.152. The lowest BCUT2D eigenvalue weighted by Crippen LogP contribution is -2.59. The first-order valence-corrected chi connectivity index (χ1v) is 24.1. The molecule has 19 heteroatoms. The summed E-state index contributed by atoms with van der Waals surface area (Å²) in [4.78, 5) is 115. The van der Waals surface area contributed by atoms with Gasteiger partial charge < -0.3 is 49.4 Å². The van der Waals surface area contributed by atoms with Gasteiger partial charge in [0.2, 0.25) is 29.5 Å². The van der Waals surface area contributed by atoms with E-state index >= 15 is 0 Å². The third kappa shape index (κ3) is 14.7. The van der Waals surface area contributed by atoms with E-state index in [4.69, 9.17) is 23.7 Å². The number of benzene rings is 5. The summed E-state index contributed by atoms with van der Waals surface area (Å²) in [6.07, 6.45) is -1.06. The normalized spacial score (nSPS) is 20.1. The van der Waals surface area contributed by atoms with Gasteiger partial charge in [-0.15, -0.1) is 0 Å². The first-order valence-electron chi connectivity index (χ1n) is 24.1. The van der Waals surface area contributed by atoms with Crippen LogP contribution in [-0.4, -0.2) is 134 Å². The second-order valence-electron chi connectivity index (χ2n) is 18.1. The molecule has 5 aromatic carbocycles. The van der Waals surface area contributed by atoms with Crippen LogP contribution < -0.4 is 30.2 Å². The van der Waals surface area contributed by atoms with E-state index in [0.29, 0.717) is 28.0 Å². The number of nitrogens with one attached hydrogen (secondary N) is 3. The van der Waals surface area contributed by atoms with Crippen LogP contribution in [0, 0.1) is 0 Å². The topological polar surface area (TPSA) is 229 Å². The number of carbonyl (C=O) groups is 8. The molecule has 2 aliphatic heterocycles. The summed E-state index contributed by atoms with van der Waals surface area (Å²) in [5.74, 6) is -4.07. The van der Waals surface area contributed by atoms with Crippen LogP contribution in [0.15, 0.2) is 127 Å².